The molecule has 138 valence electrons. The van der Waals surface area contributed by atoms with Crippen molar-refractivity contribution in [2.24, 2.45) is 0 Å². The number of hydrogen-bond donors (Lipinski definition) is 0. The van der Waals surface area contributed by atoms with E-state index < -0.39 is 6.10 Å². The van der Waals surface area contributed by atoms with Gasteiger partial charge in [0, 0.05) is 19.6 Å². The molecule has 1 aliphatic rings. The van der Waals surface area contributed by atoms with Crippen LogP contribution in [0.2, 0.25) is 0 Å². The Bertz CT molecular complexity index is 718. The number of hydrogen-bond acceptors (Lipinski definition) is 4. The van der Waals surface area contributed by atoms with E-state index in [4.69, 9.17) is 9.47 Å². The number of rotatable bonds is 5. The molecule has 1 saturated heterocycles. The van der Waals surface area contributed by atoms with Gasteiger partial charge in [0.15, 0.2) is 6.10 Å². The van der Waals surface area contributed by atoms with Gasteiger partial charge in [0.25, 0.3) is 5.91 Å². The van der Waals surface area contributed by atoms with Crippen molar-refractivity contribution in [3.63, 3.8) is 0 Å². The van der Waals surface area contributed by atoms with Gasteiger partial charge in [-0.1, -0.05) is 30.3 Å². The molecule has 2 aromatic rings. The third-order valence-electron chi connectivity index (χ3n) is 4.77. The van der Waals surface area contributed by atoms with Crippen LogP contribution in [0.4, 0.5) is 0 Å². The largest absolute Gasteiger partial charge is 0.497 e. The first-order valence-electron chi connectivity index (χ1n) is 8.93. The molecule has 1 aliphatic heterocycles. The van der Waals surface area contributed by atoms with Crippen LogP contribution >= 0.6 is 0 Å². The summed E-state index contributed by atoms with van der Waals surface area (Å²) in [6.07, 6.45) is -0.544. The zero-order valence-corrected chi connectivity index (χ0v) is 15.6. The zero-order valence-electron chi connectivity index (χ0n) is 15.6. The summed E-state index contributed by atoms with van der Waals surface area (Å²) in [5.74, 6) is 1.44. The minimum Gasteiger partial charge on any atom is -0.497 e. The van der Waals surface area contributed by atoms with Gasteiger partial charge in [-0.3, -0.25) is 4.79 Å². The van der Waals surface area contributed by atoms with E-state index in [1.807, 2.05) is 54.3 Å². The molecule has 26 heavy (non-hydrogen) atoms. The van der Waals surface area contributed by atoms with Gasteiger partial charge in [-0.15, -0.1) is 0 Å². The summed E-state index contributed by atoms with van der Waals surface area (Å²) in [7, 11) is 3.72. The number of piperazine rings is 1. The maximum absolute atomic E-state index is 13.1. The second-order valence-electron chi connectivity index (χ2n) is 6.66. The average Bonchev–Trinajstić information content (AvgIpc) is 2.68. The molecule has 0 unspecified atom stereocenters. The lowest BCUT2D eigenvalue weighted by Gasteiger charge is -2.41. The molecule has 0 aliphatic carbocycles. The maximum Gasteiger partial charge on any atom is 0.263 e. The number of nitrogens with zero attached hydrogens (tertiary/aromatic N) is 2. The predicted molar refractivity (Wildman–Crippen MR) is 101 cm³/mol. The van der Waals surface area contributed by atoms with E-state index in [1.54, 1.807) is 7.11 Å². The number of ether oxygens (including phenoxy) is 2. The van der Waals surface area contributed by atoms with Crippen molar-refractivity contribution in [2.45, 2.75) is 19.1 Å². The monoisotopic (exact) mass is 354 g/mol. The lowest BCUT2D eigenvalue weighted by molar-refractivity contribution is -0.143. The molecule has 1 amide bonds. The normalized spacial score (nSPS) is 19.0. The topological polar surface area (TPSA) is 42.0 Å². The summed E-state index contributed by atoms with van der Waals surface area (Å²) < 4.78 is 11.0. The van der Waals surface area contributed by atoms with Gasteiger partial charge >= 0.3 is 0 Å². The number of likely N-dealkylation sites (N-methyl/N-ethyl adjacent to an activating group) is 1. The molecule has 0 aromatic heterocycles. The van der Waals surface area contributed by atoms with Crippen molar-refractivity contribution in [1.82, 2.24) is 9.80 Å². The lowest BCUT2D eigenvalue weighted by Crippen LogP contribution is -2.52. The van der Waals surface area contributed by atoms with Crippen LogP contribution in [-0.2, 0) is 4.79 Å². The predicted octanol–water partition coefficient (Wildman–Crippen LogP) is 2.98. The van der Waals surface area contributed by atoms with E-state index in [-0.39, 0.29) is 11.9 Å². The number of carbonyl (C=O) groups is 1. The summed E-state index contributed by atoms with van der Waals surface area (Å²) in [5.41, 5.74) is 1.16. The molecule has 1 fully saturated rings. The Kier molecular flexibility index (Phi) is 5.78. The summed E-state index contributed by atoms with van der Waals surface area (Å²) in [5, 5.41) is 0. The van der Waals surface area contributed by atoms with Crippen LogP contribution in [0, 0.1) is 0 Å². The smallest absolute Gasteiger partial charge is 0.263 e. The third-order valence-corrected chi connectivity index (χ3v) is 4.77. The van der Waals surface area contributed by atoms with Crippen LogP contribution in [0.3, 0.4) is 0 Å². The Morgan fingerprint density at radius 3 is 2.35 bits per heavy atom. The SMILES string of the molecule is COc1ccc(O[C@H](C)C(=O)N2CCN(C)C[C@H]2c2ccccc2)cc1. The molecule has 1 heterocycles. The van der Waals surface area contributed by atoms with Gasteiger partial charge in [0.05, 0.1) is 13.2 Å². The van der Waals surface area contributed by atoms with Crippen LogP contribution < -0.4 is 9.47 Å². The molecule has 2 aromatic carbocycles. The van der Waals surface area contributed by atoms with E-state index in [1.165, 1.54) is 0 Å². The minimum absolute atomic E-state index is 0.0165. The molecule has 2 atom stereocenters. The first-order chi connectivity index (χ1) is 12.6. The van der Waals surface area contributed by atoms with Gasteiger partial charge in [-0.2, -0.15) is 0 Å². The quantitative estimate of drug-likeness (QED) is 0.828. The van der Waals surface area contributed by atoms with Crippen LogP contribution in [0.1, 0.15) is 18.5 Å². The molecular weight excluding hydrogens is 328 g/mol. The molecule has 0 radical (unpaired) electrons. The highest BCUT2D eigenvalue weighted by Gasteiger charge is 2.33. The highest BCUT2D eigenvalue weighted by Crippen LogP contribution is 2.26. The van der Waals surface area contributed by atoms with Crippen LogP contribution in [0.15, 0.2) is 54.6 Å². The number of benzene rings is 2. The minimum atomic E-state index is -0.544. The van der Waals surface area contributed by atoms with Gasteiger partial charge in [0.1, 0.15) is 11.5 Å². The molecule has 3 rings (SSSR count). The van der Waals surface area contributed by atoms with E-state index >= 15 is 0 Å². The summed E-state index contributed by atoms with van der Waals surface area (Å²) in [6.45, 7) is 4.20. The number of amides is 1. The van der Waals surface area contributed by atoms with Gasteiger partial charge in [0.2, 0.25) is 0 Å². The van der Waals surface area contributed by atoms with E-state index in [0.717, 1.165) is 24.4 Å². The Labute approximate surface area is 155 Å². The molecule has 0 saturated carbocycles. The zero-order chi connectivity index (χ0) is 18.5. The standard InChI is InChI=1S/C21H26N2O3/c1-16(26-19-11-9-18(25-3)10-12-19)21(24)23-14-13-22(2)15-20(23)17-7-5-4-6-8-17/h4-12,16,20H,13-15H2,1-3H3/t16-,20+/m1/s1. The fourth-order valence-electron chi connectivity index (χ4n) is 3.29. The van der Waals surface area contributed by atoms with Crippen molar-refractivity contribution < 1.29 is 14.3 Å². The first-order valence-corrected chi connectivity index (χ1v) is 8.93. The molecule has 0 N–H and O–H groups in total. The van der Waals surface area contributed by atoms with Gasteiger partial charge in [-0.05, 0) is 43.8 Å². The lowest BCUT2D eigenvalue weighted by atomic mass is 10.0. The van der Waals surface area contributed by atoms with Crippen molar-refractivity contribution in [2.75, 3.05) is 33.8 Å². The summed E-state index contributed by atoms with van der Waals surface area (Å²) in [4.78, 5) is 17.3. The first kappa shape index (κ1) is 18.3. The van der Waals surface area contributed by atoms with E-state index in [9.17, 15) is 4.79 Å². The Hall–Kier alpha value is -2.53. The third kappa shape index (κ3) is 4.17. The molecule has 0 bridgehead atoms. The Balaban J connectivity index is 1.73. The summed E-state index contributed by atoms with van der Waals surface area (Å²) >= 11 is 0. The van der Waals surface area contributed by atoms with Crippen molar-refractivity contribution >= 4 is 5.91 Å². The fourth-order valence-corrected chi connectivity index (χ4v) is 3.29. The van der Waals surface area contributed by atoms with Crippen molar-refractivity contribution in [3.05, 3.63) is 60.2 Å². The maximum atomic E-state index is 13.1. The average molecular weight is 354 g/mol. The highest BCUT2D eigenvalue weighted by molar-refractivity contribution is 5.81. The Morgan fingerprint density at radius 2 is 1.69 bits per heavy atom. The van der Waals surface area contributed by atoms with Gasteiger partial charge < -0.3 is 19.3 Å². The summed E-state index contributed by atoms with van der Waals surface area (Å²) in [6, 6.07) is 17.5. The second kappa shape index (κ2) is 8.23. The second-order valence-corrected chi connectivity index (χ2v) is 6.66. The van der Waals surface area contributed by atoms with Crippen LogP contribution in [0.5, 0.6) is 11.5 Å². The number of carbonyl (C=O) groups excluding carboxylic acids is 1. The highest BCUT2D eigenvalue weighted by atomic mass is 16.5. The molecular formula is C21H26N2O3. The molecule has 5 nitrogen and oxygen atoms in total. The molecule has 0 spiro atoms. The van der Waals surface area contributed by atoms with Crippen molar-refractivity contribution in [3.8, 4) is 11.5 Å². The number of methoxy groups -OCH3 is 1. The fraction of sp³-hybridized carbons (Fsp3) is 0.381. The van der Waals surface area contributed by atoms with Crippen molar-refractivity contribution in [1.29, 1.82) is 0 Å². The van der Waals surface area contributed by atoms with E-state index in [0.29, 0.717) is 12.3 Å². The van der Waals surface area contributed by atoms with Crippen LogP contribution in [0.25, 0.3) is 0 Å². The molecule has 5 heteroatoms. The van der Waals surface area contributed by atoms with E-state index in [2.05, 4.69) is 24.1 Å². The Morgan fingerprint density at radius 1 is 1.04 bits per heavy atom. The van der Waals surface area contributed by atoms with Gasteiger partial charge in [-0.25, -0.2) is 0 Å². The van der Waals surface area contributed by atoms with Crippen LogP contribution in [-0.4, -0.2) is 55.6 Å².